The molecule has 0 bridgehead atoms. The van der Waals surface area contributed by atoms with Gasteiger partial charge >= 0.3 is 6.36 Å². The highest BCUT2D eigenvalue weighted by Gasteiger charge is 2.32. The highest BCUT2D eigenvalue weighted by atomic mass is 35.5. The summed E-state index contributed by atoms with van der Waals surface area (Å²) in [6.45, 7) is -0.118. The topological polar surface area (TPSA) is 74.2 Å². The summed E-state index contributed by atoms with van der Waals surface area (Å²) >= 11 is 5.56. The predicted molar refractivity (Wildman–Crippen MR) is 48.2 cm³/mol. The summed E-state index contributed by atoms with van der Waals surface area (Å²) in [7, 11) is 0. The van der Waals surface area contributed by atoms with Gasteiger partial charge in [-0.05, 0) is 0 Å². The van der Waals surface area contributed by atoms with Crippen molar-refractivity contribution in [1.29, 1.82) is 0 Å². The first kappa shape index (κ1) is 11.9. The SMILES string of the molecule is NCc1c(Cl)ncc(OC(F)(F)F)c1N. The van der Waals surface area contributed by atoms with Gasteiger partial charge in [-0.25, -0.2) is 4.98 Å². The van der Waals surface area contributed by atoms with E-state index in [1.165, 1.54) is 0 Å². The average Bonchev–Trinajstić information content (AvgIpc) is 2.09. The third kappa shape index (κ3) is 2.87. The summed E-state index contributed by atoms with van der Waals surface area (Å²) in [5, 5.41) is -0.0375. The average molecular weight is 242 g/mol. The predicted octanol–water partition coefficient (Wildman–Crippen LogP) is 1.67. The molecular formula is C7H7ClF3N3O. The van der Waals surface area contributed by atoms with Crippen LogP contribution in [0.3, 0.4) is 0 Å². The number of alkyl halides is 3. The van der Waals surface area contributed by atoms with Crippen LogP contribution in [0.5, 0.6) is 5.75 Å². The van der Waals surface area contributed by atoms with E-state index in [0.29, 0.717) is 0 Å². The fraction of sp³-hybridized carbons (Fsp3) is 0.286. The molecule has 4 nitrogen and oxygen atoms in total. The molecule has 8 heteroatoms. The smallest absolute Gasteiger partial charge is 0.402 e. The number of nitrogen functional groups attached to an aromatic ring is 1. The van der Waals surface area contributed by atoms with Crippen LogP contribution < -0.4 is 16.2 Å². The van der Waals surface area contributed by atoms with E-state index in [1.807, 2.05) is 0 Å². The molecule has 15 heavy (non-hydrogen) atoms. The molecule has 0 fully saturated rings. The number of anilines is 1. The zero-order chi connectivity index (χ0) is 11.6. The highest BCUT2D eigenvalue weighted by molar-refractivity contribution is 6.30. The van der Waals surface area contributed by atoms with Crippen LogP contribution in [0.2, 0.25) is 5.15 Å². The summed E-state index contributed by atoms with van der Waals surface area (Å²) in [5.41, 5.74) is 10.5. The van der Waals surface area contributed by atoms with Crippen LogP contribution in [0.25, 0.3) is 0 Å². The Hall–Kier alpha value is -1.21. The van der Waals surface area contributed by atoms with Crippen molar-refractivity contribution >= 4 is 17.3 Å². The standard InChI is InChI=1S/C7H7ClF3N3O/c8-6-3(1-12)5(13)4(2-14-6)15-7(9,10)11/h2H,1,12H2,(H2,13,14). The number of rotatable bonds is 2. The molecule has 0 aliphatic carbocycles. The van der Waals surface area contributed by atoms with Crippen molar-refractivity contribution < 1.29 is 17.9 Å². The van der Waals surface area contributed by atoms with Crippen LogP contribution in [0.15, 0.2) is 6.20 Å². The fourth-order valence-corrected chi connectivity index (χ4v) is 1.15. The molecule has 0 unspecified atom stereocenters. The fourth-order valence-electron chi connectivity index (χ4n) is 0.923. The normalized spacial score (nSPS) is 11.5. The van der Waals surface area contributed by atoms with Crippen molar-refractivity contribution in [2.45, 2.75) is 12.9 Å². The van der Waals surface area contributed by atoms with E-state index < -0.39 is 12.1 Å². The minimum absolute atomic E-state index is 0.0375. The van der Waals surface area contributed by atoms with Crippen LogP contribution in [-0.4, -0.2) is 11.3 Å². The van der Waals surface area contributed by atoms with Gasteiger partial charge < -0.3 is 16.2 Å². The van der Waals surface area contributed by atoms with Crippen molar-refractivity contribution in [2.75, 3.05) is 5.73 Å². The Bertz CT molecular complexity index is 369. The first-order chi connectivity index (χ1) is 6.85. The number of hydrogen-bond donors (Lipinski definition) is 2. The number of nitrogens with two attached hydrogens (primary N) is 2. The molecular weight excluding hydrogens is 235 g/mol. The molecule has 0 amide bonds. The van der Waals surface area contributed by atoms with Crippen LogP contribution >= 0.6 is 11.6 Å². The number of hydrogen-bond acceptors (Lipinski definition) is 4. The van der Waals surface area contributed by atoms with Crippen molar-refractivity contribution in [3.05, 3.63) is 16.9 Å². The van der Waals surface area contributed by atoms with Crippen LogP contribution in [0, 0.1) is 0 Å². The molecule has 1 aromatic heterocycles. The Balaban J connectivity index is 3.11. The summed E-state index contributed by atoms with van der Waals surface area (Å²) in [6, 6.07) is 0. The van der Waals surface area contributed by atoms with Gasteiger partial charge in [0.25, 0.3) is 0 Å². The highest BCUT2D eigenvalue weighted by Crippen LogP contribution is 2.32. The molecule has 0 saturated heterocycles. The molecule has 1 rings (SSSR count). The van der Waals surface area contributed by atoms with Crippen LogP contribution in [0.4, 0.5) is 18.9 Å². The first-order valence-electron chi connectivity index (χ1n) is 3.74. The van der Waals surface area contributed by atoms with Gasteiger partial charge in [-0.3, -0.25) is 0 Å². The second kappa shape index (κ2) is 4.11. The lowest BCUT2D eigenvalue weighted by atomic mass is 10.2. The number of halogens is 4. The maximum absolute atomic E-state index is 11.9. The van der Waals surface area contributed by atoms with E-state index in [1.54, 1.807) is 0 Å². The summed E-state index contributed by atoms with van der Waals surface area (Å²) in [5.74, 6) is -0.604. The van der Waals surface area contributed by atoms with E-state index in [9.17, 15) is 13.2 Å². The van der Waals surface area contributed by atoms with Gasteiger partial charge in [-0.2, -0.15) is 0 Å². The monoisotopic (exact) mass is 241 g/mol. The lowest BCUT2D eigenvalue weighted by molar-refractivity contribution is -0.274. The van der Waals surface area contributed by atoms with Crippen molar-refractivity contribution in [2.24, 2.45) is 5.73 Å². The lowest BCUT2D eigenvalue weighted by Gasteiger charge is -2.13. The summed E-state index contributed by atoms with van der Waals surface area (Å²) in [6.07, 6.45) is -4.03. The largest absolute Gasteiger partial charge is 0.573 e. The van der Waals surface area contributed by atoms with Gasteiger partial charge in [0.2, 0.25) is 0 Å². The molecule has 0 aliphatic rings. The third-order valence-electron chi connectivity index (χ3n) is 1.56. The van der Waals surface area contributed by atoms with Gasteiger partial charge in [0.05, 0.1) is 11.9 Å². The molecule has 84 valence electrons. The Morgan fingerprint density at radius 2 is 2.07 bits per heavy atom. The Labute approximate surface area is 88.0 Å². The van der Waals surface area contributed by atoms with Crippen molar-refractivity contribution in [3.63, 3.8) is 0 Å². The van der Waals surface area contributed by atoms with E-state index in [4.69, 9.17) is 23.1 Å². The number of pyridine rings is 1. The summed E-state index contributed by atoms with van der Waals surface area (Å²) < 4.78 is 39.3. The molecule has 0 aliphatic heterocycles. The molecule has 1 heterocycles. The molecule has 0 radical (unpaired) electrons. The maximum Gasteiger partial charge on any atom is 0.573 e. The molecule has 1 aromatic rings. The van der Waals surface area contributed by atoms with Crippen LogP contribution in [-0.2, 0) is 6.54 Å². The first-order valence-corrected chi connectivity index (χ1v) is 4.11. The Kier molecular flexibility index (Phi) is 3.25. The van der Waals surface area contributed by atoms with Gasteiger partial charge in [0.1, 0.15) is 5.15 Å². The number of nitrogens with zero attached hydrogens (tertiary/aromatic N) is 1. The van der Waals surface area contributed by atoms with Gasteiger partial charge in [-0.15, -0.1) is 13.2 Å². The third-order valence-corrected chi connectivity index (χ3v) is 1.89. The zero-order valence-electron chi connectivity index (χ0n) is 7.31. The quantitative estimate of drug-likeness (QED) is 0.773. The minimum atomic E-state index is -4.82. The second-order valence-corrected chi connectivity index (χ2v) is 2.92. The molecule has 0 aromatic carbocycles. The Morgan fingerprint density at radius 3 is 2.53 bits per heavy atom. The van der Waals surface area contributed by atoms with E-state index >= 15 is 0 Å². The van der Waals surface area contributed by atoms with Crippen LogP contribution in [0.1, 0.15) is 5.56 Å². The lowest BCUT2D eigenvalue weighted by Crippen LogP contribution is -2.19. The van der Waals surface area contributed by atoms with Gasteiger partial charge in [0, 0.05) is 12.1 Å². The van der Waals surface area contributed by atoms with Gasteiger partial charge in [0.15, 0.2) is 5.75 Å². The van der Waals surface area contributed by atoms with E-state index in [0.717, 1.165) is 6.20 Å². The number of aromatic nitrogens is 1. The van der Waals surface area contributed by atoms with Crippen molar-refractivity contribution in [1.82, 2.24) is 4.98 Å². The molecule has 0 saturated carbocycles. The van der Waals surface area contributed by atoms with E-state index in [-0.39, 0.29) is 22.9 Å². The maximum atomic E-state index is 11.9. The zero-order valence-corrected chi connectivity index (χ0v) is 8.06. The molecule has 4 N–H and O–H groups in total. The Morgan fingerprint density at radius 1 is 1.47 bits per heavy atom. The minimum Gasteiger partial charge on any atom is -0.402 e. The van der Waals surface area contributed by atoms with E-state index in [2.05, 4.69) is 9.72 Å². The van der Waals surface area contributed by atoms with Gasteiger partial charge in [-0.1, -0.05) is 11.6 Å². The molecule has 0 spiro atoms. The second-order valence-electron chi connectivity index (χ2n) is 2.56. The van der Waals surface area contributed by atoms with Crippen molar-refractivity contribution in [3.8, 4) is 5.75 Å². The molecule has 0 atom stereocenters. The number of ether oxygens (including phenoxy) is 1. The summed E-state index contributed by atoms with van der Waals surface area (Å²) in [4.78, 5) is 3.48.